The van der Waals surface area contributed by atoms with Crippen molar-refractivity contribution in [2.24, 2.45) is 5.92 Å². The minimum Gasteiger partial charge on any atom is -0.466 e. The summed E-state index contributed by atoms with van der Waals surface area (Å²) in [7, 11) is -3.92. The molecule has 1 aromatic carbocycles. The van der Waals surface area contributed by atoms with Gasteiger partial charge in [-0.25, -0.2) is 13.5 Å². The number of aromatic nitrogens is 2. The number of hydrogen-bond acceptors (Lipinski definition) is 6. The fourth-order valence-corrected chi connectivity index (χ4v) is 5.14. The van der Waals surface area contributed by atoms with Gasteiger partial charge >= 0.3 is 5.97 Å². The molecule has 1 aliphatic rings. The lowest BCUT2D eigenvalue weighted by molar-refractivity contribution is -0.149. The molecule has 1 atom stereocenters. The molecular weight excluding hydrogens is 406 g/mol. The first-order valence-corrected chi connectivity index (χ1v) is 10.7. The van der Waals surface area contributed by atoms with Crippen LogP contribution in [0.1, 0.15) is 19.8 Å². The largest absolute Gasteiger partial charge is 0.466 e. The molecule has 10 heteroatoms. The lowest BCUT2D eigenvalue weighted by atomic mass is 10.0. The van der Waals surface area contributed by atoms with E-state index < -0.39 is 15.9 Å². The van der Waals surface area contributed by atoms with E-state index in [2.05, 4.69) is 10.2 Å². The van der Waals surface area contributed by atoms with E-state index in [0.29, 0.717) is 30.6 Å². The van der Waals surface area contributed by atoms with Crippen molar-refractivity contribution in [1.29, 1.82) is 0 Å². The summed E-state index contributed by atoms with van der Waals surface area (Å²) in [6.45, 7) is 2.32. The number of halogens is 1. The zero-order valence-corrected chi connectivity index (χ0v) is 16.8. The molecule has 3 rings (SSSR count). The molecule has 2 aromatic rings. The highest BCUT2D eigenvalue weighted by Crippen LogP contribution is 2.31. The van der Waals surface area contributed by atoms with Crippen LogP contribution in [0.15, 0.2) is 40.0 Å². The van der Waals surface area contributed by atoms with Gasteiger partial charge in [-0.2, -0.15) is 9.40 Å². The van der Waals surface area contributed by atoms with Crippen molar-refractivity contribution in [3.05, 3.63) is 45.7 Å². The van der Waals surface area contributed by atoms with Gasteiger partial charge in [0.05, 0.1) is 23.2 Å². The third-order valence-electron chi connectivity index (χ3n) is 4.53. The van der Waals surface area contributed by atoms with Crippen LogP contribution < -0.4 is 5.56 Å². The molecule has 0 aliphatic carbocycles. The molecule has 1 aliphatic heterocycles. The van der Waals surface area contributed by atoms with Crippen molar-refractivity contribution in [1.82, 2.24) is 14.5 Å². The summed E-state index contributed by atoms with van der Waals surface area (Å²) >= 11 is 6.19. The maximum Gasteiger partial charge on any atom is 0.310 e. The molecular formula is C18H20ClN3O5S. The predicted molar refractivity (Wildman–Crippen MR) is 103 cm³/mol. The van der Waals surface area contributed by atoms with E-state index >= 15 is 0 Å². The smallest absolute Gasteiger partial charge is 0.310 e. The van der Waals surface area contributed by atoms with Crippen LogP contribution in [0.5, 0.6) is 0 Å². The van der Waals surface area contributed by atoms with E-state index in [4.69, 9.17) is 16.3 Å². The highest BCUT2D eigenvalue weighted by atomic mass is 35.5. The second-order valence-electron chi connectivity index (χ2n) is 6.41. The van der Waals surface area contributed by atoms with E-state index in [-0.39, 0.29) is 34.6 Å². The van der Waals surface area contributed by atoms with Crippen molar-refractivity contribution >= 4 is 27.6 Å². The number of nitrogens with one attached hydrogen (secondary N) is 1. The van der Waals surface area contributed by atoms with Gasteiger partial charge in [0.1, 0.15) is 4.90 Å². The minimum absolute atomic E-state index is 0.0542. The number of rotatable bonds is 5. The molecule has 150 valence electrons. The second-order valence-corrected chi connectivity index (χ2v) is 8.72. The Balaban J connectivity index is 1.92. The van der Waals surface area contributed by atoms with Crippen LogP contribution in [-0.4, -0.2) is 48.6 Å². The maximum absolute atomic E-state index is 13.2. The molecule has 0 saturated carbocycles. The number of esters is 1. The average Bonchev–Trinajstić information content (AvgIpc) is 2.69. The Morgan fingerprint density at radius 1 is 1.36 bits per heavy atom. The molecule has 28 heavy (non-hydrogen) atoms. The summed E-state index contributed by atoms with van der Waals surface area (Å²) in [5, 5.41) is 6.31. The lowest BCUT2D eigenvalue weighted by Gasteiger charge is -2.31. The number of carbonyl (C=O) groups excluding carboxylic acids is 1. The number of carbonyl (C=O) groups is 1. The van der Waals surface area contributed by atoms with E-state index in [1.54, 1.807) is 13.0 Å². The molecule has 8 nitrogen and oxygen atoms in total. The van der Waals surface area contributed by atoms with Gasteiger partial charge in [-0.1, -0.05) is 17.7 Å². The fourth-order valence-electron chi connectivity index (χ4n) is 3.12. The summed E-state index contributed by atoms with van der Waals surface area (Å²) in [6, 6.07) is 7.32. The molecule has 0 amide bonds. The topological polar surface area (TPSA) is 109 Å². The van der Waals surface area contributed by atoms with Crippen LogP contribution in [0.2, 0.25) is 5.02 Å². The lowest BCUT2D eigenvalue weighted by Crippen LogP contribution is -2.42. The number of benzene rings is 1. The second kappa shape index (κ2) is 8.42. The molecule has 1 aromatic heterocycles. The van der Waals surface area contributed by atoms with Gasteiger partial charge in [0.2, 0.25) is 10.0 Å². The monoisotopic (exact) mass is 425 g/mol. The summed E-state index contributed by atoms with van der Waals surface area (Å²) in [4.78, 5) is 23.2. The molecule has 0 radical (unpaired) electrons. The first kappa shape index (κ1) is 20.5. The third-order valence-corrected chi connectivity index (χ3v) is 6.87. The Bertz CT molecular complexity index is 1020. The van der Waals surface area contributed by atoms with Crippen molar-refractivity contribution in [2.45, 2.75) is 24.7 Å². The van der Waals surface area contributed by atoms with Crippen molar-refractivity contribution < 1.29 is 17.9 Å². The van der Waals surface area contributed by atoms with Crippen LogP contribution in [0, 0.1) is 5.92 Å². The molecule has 1 N–H and O–H groups in total. The number of ether oxygens (including phenoxy) is 1. The maximum atomic E-state index is 13.2. The van der Waals surface area contributed by atoms with Crippen molar-refractivity contribution in [3.63, 3.8) is 0 Å². The molecule has 0 spiro atoms. The highest BCUT2D eigenvalue weighted by Gasteiger charge is 2.35. The summed E-state index contributed by atoms with van der Waals surface area (Å²) in [5.74, 6) is -0.883. The summed E-state index contributed by atoms with van der Waals surface area (Å²) in [6.07, 6.45) is 1.14. The number of nitrogens with zero attached hydrogens (tertiary/aromatic N) is 2. The number of sulfonamides is 1. The zero-order valence-electron chi connectivity index (χ0n) is 15.2. The molecule has 1 fully saturated rings. The van der Waals surface area contributed by atoms with Crippen LogP contribution in [0.3, 0.4) is 0 Å². The van der Waals surface area contributed by atoms with Gasteiger partial charge < -0.3 is 4.74 Å². The molecule has 1 saturated heterocycles. The molecule has 2 heterocycles. The van der Waals surface area contributed by atoms with Crippen molar-refractivity contribution in [3.8, 4) is 11.3 Å². The van der Waals surface area contributed by atoms with Gasteiger partial charge in [0.15, 0.2) is 0 Å². The Kier molecular flexibility index (Phi) is 6.17. The SMILES string of the molecule is CCOC(=O)[C@@H]1CCCN(S(=O)(=O)c2cc(-c3ccc(=O)[nH]n3)ccc2Cl)C1. The zero-order chi connectivity index (χ0) is 20.3. The first-order valence-electron chi connectivity index (χ1n) is 8.85. The fraction of sp³-hybridized carbons (Fsp3) is 0.389. The highest BCUT2D eigenvalue weighted by molar-refractivity contribution is 7.89. The Labute approximate surface area is 167 Å². The van der Waals surface area contributed by atoms with Gasteiger partial charge in [-0.15, -0.1) is 0 Å². The summed E-state index contributed by atoms with van der Waals surface area (Å²) < 4.78 is 32.7. The number of piperidine rings is 1. The normalized spacial score (nSPS) is 18.0. The third kappa shape index (κ3) is 4.26. The average molecular weight is 426 g/mol. The minimum atomic E-state index is -3.92. The van der Waals surface area contributed by atoms with E-state index in [9.17, 15) is 18.0 Å². The molecule has 0 unspecified atom stereocenters. The Morgan fingerprint density at radius 3 is 2.82 bits per heavy atom. The standard InChI is InChI=1S/C18H20ClN3O5S/c1-2-27-18(24)13-4-3-9-22(11-13)28(25,26)16-10-12(5-6-14(16)19)15-7-8-17(23)21-20-15/h5-8,10,13H,2-4,9,11H2,1H3,(H,21,23)/t13-/m1/s1. The van der Waals surface area contributed by atoms with Crippen LogP contribution >= 0.6 is 11.6 Å². The first-order chi connectivity index (χ1) is 13.3. The number of hydrogen-bond donors (Lipinski definition) is 1. The van der Waals surface area contributed by atoms with Gasteiger partial charge in [0.25, 0.3) is 5.56 Å². The van der Waals surface area contributed by atoms with Crippen molar-refractivity contribution in [2.75, 3.05) is 19.7 Å². The Morgan fingerprint density at radius 2 is 2.14 bits per heavy atom. The predicted octanol–water partition coefficient (Wildman–Crippen LogP) is 2.05. The van der Waals surface area contributed by atoms with E-state index in [1.807, 2.05) is 0 Å². The molecule has 0 bridgehead atoms. The van der Waals surface area contributed by atoms with Gasteiger partial charge in [-0.3, -0.25) is 9.59 Å². The van der Waals surface area contributed by atoms with Crippen LogP contribution in [0.25, 0.3) is 11.3 Å². The Hall–Kier alpha value is -2.23. The van der Waals surface area contributed by atoms with Gasteiger partial charge in [0, 0.05) is 24.7 Å². The number of H-pyrrole nitrogens is 1. The quantitative estimate of drug-likeness (QED) is 0.734. The van der Waals surface area contributed by atoms with Crippen LogP contribution in [0.4, 0.5) is 0 Å². The van der Waals surface area contributed by atoms with E-state index in [0.717, 1.165) is 0 Å². The van der Waals surface area contributed by atoms with E-state index in [1.165, 1.54) is 28.6 Å². The number of aromatic amines is 1. The van der Waals surface area contributed by atoms with Gasteiger partial charge in [-0.05, 0) is 38.0 Å². The summed E-state index contributed by atoms with van der Waals surface area (Å²) in [5.41, 5.74) is 0.554. The van der Waals surface area contributed by atoms with Crippen LogP contribution in [-0.2, 0) is 19.6 Å².